The molecular formula is C31H38O10. The lowest BCUT2D eigenvalue weighted by Gasteiger charge is -2.58. The average molecular weight is 571 g/mol. The van der Waals surface area contributed by atoms with Gasteiger partial charge in [-0.1, -0.05) is 34.3 Å². The molecule has 2 aliphatic carbocycles. The molecule has 3 saturated heterocycles. The van der Waals surface area contributed by atoms with Gasteiger partial charge in [-0.25, -0.2) is 0 Å². The topological polar surface area (TPSA) is 139 Å². The molecule has 0 unspecified atom stereocenters. The number of rotatable bonds is 4. The second-order valence-corrected chi connectivity index (χ2v) is 13.6. The minimum absolute atomic E-state index is 0.00950. The third-order valence-electron chi connectivity index (χ3n) is 10.9. The molecule has 10 nitrogen and oxygen atoms in total. The van der Waals surface area contributed by atoms with Gasteiger partial charge in [0.25, 0.3) is 0 Å². The van der Waals surface area contributed by atoms with Gasteiger partial charge in [-0.05, 0) is 30.0 Å². The molecule has 0 radical (unpaired) electrons. The molecule has 0 bridgehead atoms. The van der Waals surface area contributed by atoms with E-state index in [2.05, 4.69) is 6.58 Å². The highest BCUT2D eigenvalue weighted by Crippen LogP contribution is 2.70. The largest absolute Gasteiger partial charge is 0.472 e. The third kappa shape index (κ3) is 3.62. The number of carbonyl (C=O) groups is 4. The number of esters is 3. The lowest BCUT2D eigenvalue weighted by molar-refractivity contribution is -0.211. The molecule has 10 heteroatoms. The molecule has 3 aliphatic heterocycles. The van der Waals surface area contributed by atoms with E-state index in [1.54, 1.807) is 19.9 Å². The van der Waals surface area contributed by atoms with Gasteiger partial charge in [0, 0.05) is 36.0 Å². The summed E-state index contributed by atoms with van der Waals surface area (Å²) in [6.07, 6.45) is 0.334. The number of hydrogen-bond donors (Lipinski definition) is 1. The maximum absolute atomic E-state index is 14.0. The number of ketones is 1. The van der Waals surface area contributed by atoms with E-state index >= 15 is 0 Å². The lowest BCUT2D eigenvalue weighted by atomic mass is 9.48. The van der Waals surface area contributed by atoms with Crippen molar-refractivity contribution in [2.75, 3.05) is 6.61 Å². The number of aliphatic hydroxyl groups is 1. The van der Waals surface area contributed by atoms with Crippen LogP contribution in [0.15, 0.2) is 35.2 Å². The molecule has 10 atom stereocenters. The van der Waals surface area contributed by atoms with E-state index in [9.17, 15) is 24.3 Å². The SMILES string of the molecule is C=C1[C@@H]2[C@@H](O[C@H]3CC(=O)O[C@]4(C)COC(=O)C[C@@H]4[C@]32C)[C@H](OC(=O)CC(C)C)[C@@]2(C)[C@H](c3ccoc3)CC(=O)[C@]12O. The van der Waals surface area contributed by atoms with Crippen LogP contribution < -0.4 is 0 Å². The zero-order valence-corrected chi connectivity index (χ0v) is 24.1. The Bertz CT molecular complexity index is 1320. The van der Waals surface area contributed by atoms with Crippen LogP contribution in [0.1, 0.15) is 71.8 Å². The smallest absolute Gasteiger partial charge is 0.309 e. The predicted molar refractivity (Wildman–Crippen MR) is 141 cm³/mol. The molecule has 5 fully saturated rings. The van der Waals surface area contributed by atoms with E-state index in [0.717, 1.165) is 0 Å². The maximum atomic E-state index is 14.0. The summed E-state index contributed by atoms with van der Waals surface area (Å²) in [5.41, 5.74) is -4.64. The standard InChI is InChI=1S/C31H38O10/c1-15(2)9-23(34)40-27-26-25(16(3)31(36)20(32)10-18(30(27,31)6)17-7-8-37-13-17)29(5)19-11-22(33)38-14-28(19,4)41-24(35)12-21(29)39-26/h7-8,13,15,18-19,21,25-27,36H,3,9-12,14H2,1-2,4-6H3/t18-,19-,21-,25+,26+,27-,28+,29+,30+,31+/m0/s1. The Labute approximate surface area is 238 Å². The fourth-order valence-corrected chi connectivity index (χ4v) is 8.94. The van der Waals surface area contributed by atoms with Crippen molar-refractivity contribution in [3.05, 3.63) is 36.3 Å². The Kier molecular flexibility index (Phi) is 6.19. The zero-order valence-electron chi connectivity index (χ0n) is 24.1. The van der Waals surface area contributed by atoms with Gasteiger partial charge in [-0.2, -0.15) is 0 Å². The van der Waals surface area contributed by atoms with Crippen LogP contribution in [0.3, 0.4) is 0 Å². The summed E-state index contributed by atoms with van der Waals surface area (Å²) in [6.45, 7) is 13.4. The molecule has 4 heterocycles. The van der Waals surface area contributed by atoms with Crippen LogP contribution in [0.25, 0.3) is 0 Å². The normalized spacial score (nSPS) is 45.2. The molecule has 1 aromatic rings. The fourth-order valence-electron chi connectivity index (χ4n) is 8.94. The molecule has 222 valence electrons. The molecule has 1 aromatic heterocycles. The van der Waals surface area contributed by atoms with Crippen molar-refractivity contribution in [1.29, 1.82) is 0 Å². The molecule has 41 heavy (non-hydrogen) atoms. The van der Waals surface area contributed by atoms with Crippen molar-refractivity contribution >= 4 is 23.7 Å². The van der Waals surface area contributed by atoms with Gasteiger partial charge in [0.05, 0.1) is 36.9 Å². The number of fused-ring (bicyclic) bond motifs is 6. The monoisotopic (exact) mass is 570 g/mol. The van der Waals surface area contributed by atoms with E-state index in [1.807, 2.05) is 20.8 Å². The van der Waals surface area contributed by atoms with Gasteiger partial charge in [0.15, 0.2) is 11.4 Å². The molecule has 1 N–H and O–H groups in total. The summed E-state index contributed by atoms with van der Waals surface area (Å²) >= 11 is 0. The summed E-state index contributed by atoms with van der Waals surface area (Å²) in [6, 6.07) is 1.74. The van der Waals surface area contributed by atoms with Gasteiger partial charge in [0.2, 0.25) is 0 Å². The van der Waals surface area contributed by atoms with Crippen molar-refractivity contribution in [3.8, 4) is 0 Å². The molecule has 5 aliphatic rings. The molecule has 6 rings (SSSR count). The highest BCUT2D eigenvalue weighted by molar-refractivity contribution is 5.96. The first-order chi connectivity index (χ1) is 19.2. The quantitative estimate of drug-likeness (QED) is 0.326. The Morgan fingerprint density at radius 2 is 1.88 bits per heavy atom. The van der Waals surface area contributed by atoms with Crippen LogP contribution in [0.5, 0.6) is 0 Å². The van der Waals surface area contributed by atoms with Crippen molar-refractivity contribution < 1.29 is 47.6 Å². The number of carbonyl (C=O) groups excluding carboxylic acids is 4. The minimum atomic E-state index is -2.08. The summed E-state index contributed by atoms with van der Waals surface area (Å²) in [5, 5.41) is 12.6. The van der Waals surface area contributed by atoms with Crippen LogP contribution in [0.4, 0.5) is 0 Å². The van der Waals surface area contributed by atoms with Crippen LogP contribution in [-0.2, 0) is 38.1 Å². The first-order valence-corrected chi connectivity index (χ1v) is 14.4. The van der Waals surface area contributed by atoms with Gasteiger partial charge < -0.3 is 28.5 Å². The Morgan fingerprint density at radius 3 is 2.54 bits per heavy atom. The van der Waals surface area contributed by atoms with Crippen molar-refractivity contribution in [3.63, 3.8) is 0 Å². The summed E-state index contributed by atoms with van der Waals surface area (Å²) < 4.78 is 29.5. The molecule has 2 saturated carbocycles. The lowest BCUT2D eigenvalue weighted by Crippen LogP contribution is -2.68. The summed E-state index contributed by atoms with van der Waals surface area (Å²) in [5.74, 6) is -3.70. The number of hydrogen-bond acceptors (Lipinski definition) is 10. The first kappa shape index (κ1) is 28.2. The van der Waals surface area contributed by atoms with Crippen LogP contribution in [-0.4, -0.2) is 64.9 Å². The van der Waals surface area contributed by atoms with Crippen molar-refractivity contribution in [1.82, 2.24) is 0 Å². The molecule has 0 aromatic carbocycles. The van der Waals surface area contributed by atoms with Gasteiger partial charge >= 0.3 is 17.9 Å². The second kappa shape index (κ2) is 9.01. The zero-order chi connectivity index (χ0) is 29.7. The number of cyclic esters (lactones) is 1. The third-order valence-corrected chi connectivity index (χ3v) is 10.9. The van der Waals surface area contributed by atoms with E-state index in [-0.39, 0.29) is 43.8 Å². The van der Waals surface area contributed by atoms with Crippen LogP contribution in [0.2, 0.25) is 0 Å². The molecular weight excluding hydrogens is 532 g/mol. The van der Waals surface area contributed by atoms with Gasteiger partial charge in [-0.3, -0.25) is 19.2 Å². The highest BCUT2D eigenvalue weighted by Gasteiger charge is 2.79. The van der Waals surface area contributed by atoms with Crippen molar-refractivity contribution in [2.45, 2.75) is 95.7 Å². The molecule has 0 spiro atoms. The van der Waals surface area contributed by atoms with E-state index < -0.39 is 81.8 Å². The Morgan fingerprint density at radius 1 is 1.15 bits per heavy atom. The van der Waals surface area contributed by atoms with E-state index in [4.69, 9.17) is 23.4 Å². The van der Waals surface area contributed by atoms with Gasteiger partial charge in [-0.15, -0.1) is 0 Å². The Balaban J connectivity index is 1.54. The number of furan rings is 1. The van der Waals surface area contributed by atoms with E-state index in [0.29, 0.717) is 5.56 Å². The number of Topliss-reactive ketones (excluding diaryl/α,β-unsaturated/α-hetero) is 1. The summed E-state index contributed by atoms with van der Waals surface area (Å²) in [4.78, 5) is 53.0. The second-order valence-electron chi connectivity index (χ2n) is 13.6. The summed E-state index contributed by atoms with van der Waals surface area (Å²) in [7, 11) is 0. The fraction of sp³-hybridized carbons (Fsp3) is 0.677. The minimum Gasteiger partial charge on any atom is -0.472 e. The first-order valence-electron chi connectivity index (χ1n) is 14.4. The van der Waals surface area contributed by atoms with Crippen LogP contribution in [0, 0.1) is 28.6 Å². The van der Waals surface area contributed by atoms with Gasteiger partial charge in [0.1, 0.15) is 24.4 Å². The molecule has 0 amide bonds. The number of ether oxygens (including phenoxy) is 4. The van der Waals surface area contributed by atoms with E-state index in [1.165, 1.54) is 12.5 Å². The predicted octanol–water partition coefficient (Wildman–Crippen LogP) is 3.26. The average Bonchev–Trinajstić information content (AvgIpc) is 3.55. The van der Waals surface area contributed by atoms with Crippen molar-refractivity contribution in [2.24, 2.45) is 28.6 Å². The van der Waals surface area contributed by atoms with Crippen LogP contribution >= 0.6 is 0 Å². The highest BCUT2D eigenvalue weighted by atomic mass is 16.6. The maximum Gasteiger partial charge on any atom is 0.309 e. The Hall–Kier alpha value is -2.98.